The lowest BCUT2D eigenvalue weighted by molar-refractivity contribution is 0.0780. The Kier molecular flexibility index (Phi) is 4.68. The van der Waals surface area contributed by atoms with Crippen molar-refractivity contribution >= 4 is 17.2 Å². The van der Waals surface area contributed by atoms with Gasteiger partial charge in [-0.15, -0.1) is 11.3 Å². The van der Waals surface area contributed by atoms with Gasteiger partial charge in [-0.2, -0.15) is 5.10 Å². The van der Waals surface area contributed by atoms with Gasteiger partial charge < -0.3 is 14.4 Å². The Labute approximate surface area is 177 Å². The molecule has 1 aliphatic heterocycles. The number of hydrogen-bond acceptors (Lipinski definition) is 6. The molecule has 0 unspecified atom stereocenters. The quantitative estimate of drug-likeness (QED) is 0.490. The zero-order chi connectivity index (χ0) is 20.5. The molecule has 0 bridgehead atoms. The summed E-state index contributed by atoms with van der Waals surface area (Å²) in [6.45, 7) is 0.685. The van der Waals surface area contributed by atoms with Gasteiger partial charge in [0.15, 0.2) is 11.5 Å². The molecule has 0 fully saturated rings. The molecule has 0 aliphatic carbocycles. The molecule has 1 aliphatic rings. The van der Waals surface area contributed by atoms with E-state index < -0.39 is 0 Å². The number of thiazole rings is 1. The maximum absolute atomic E-state index is 12.8. The van der Waals surface area contributed by atoms with Crippen molar-refractivity contribution in [3.63, 3.8) is 0 Å². The van der Waals surface area contributed by atoms with Crippen molar-refractivity contribution in [2.45, 2.75) is 6.54 Å². The second kappa shape index (κ2) is 7.64. The molecule has 150 valence electrons. The van der Waals surface area contributed by atoms with Crippen LogP contribution in [0.2, 0.25) is 0 Å². The highest BCUT2D eigenvalue weighted by Gasteiger charge is 2.19. The van der Waals surface area contributed by atoms with Gasteiger partial charge >= 0.3 is 0 Å². The van der Waals surface area contributed by atoms with E-state index >= 15 is 0 Å². The molecule has 0 spiro atoms. The number of carbonyl (C=O) groups is 1. The predicted octanol–water partition coefficient (Wildman–Crippen LogP) is 4.00. The van der Waals surface area contributed by atoms with Crippen LogP contribution >= 0.6 is 11.3 Å². The molecule has 4 aromatic rings. The van der Waals surface area contributed by atoms with Gasteiger partial charge in [-0.25, -0.2) is 9.67 Å². The average Bonchev–Trinajstić information content (AvgIpc) is 3.53. The number of para-hydroxylation sites is 1. The van der Waals surface area contributed by atoms with E-state index in [1.54, 1.807) is 28.2 Å². The monoisotopic (exact) mass is 418 g/mol. The summed E-state index contributed by atoms with van der Waals surface area (Å²) in [4.78, 5) is 19.0. The van der Waals surface area contributed by atoms with Crippen molar-refractivity contribution in [2.24, 2.45) is 0 Å². The third-order valence-corrected chi connectivity index (χ3v) is 5.67. The maximum atomic E-state index is 12.8. The summed E-state index contributed by atoms with van der Waals surface area (Å²) < 4.78 is 12.5. The van der Waals surface area contributed by atoms with Gasteiger partial charge in [0.1, 0.15) is 10.7 Å². The van der Waals surface area contributed by atoms with E-state index in [1.807, 2.05) is 54.7 Å². The Bertz CT molecular complexity index is 1200. The first kappa shape index (κ1) is 18.4. The fourth-order valence-electron chi connectivity index (χ4n) is 3.24. The van der Waals surface area contributed by atoms with Crippen LogP contribution in [0.25, 0.3) is 16.3 Å². The number of ether oxygens (including phenoxy) is 2. The highest BCUT2D eigenvalue weighted by molar-refractivity contribution is 7.13. The Hall–Kier alpha value is -3.65. The standard InChI is InChI=1S/C22H18N4O3S/c1-25(11-15-7-8-19-20(9-15)29-14-28-19)22(27)18-13-30-21(24-18)16-10-23-26(12-16)17-5-3-2-4-6-17/h2-10,12-13H,11,14H2,1H3. The van der Waals surface area contributed by atoms with E-state index in [0.717, 1.165) is 27.6 Å². The van der Waals surface area contributed by atoms with E-state index in [9.17, 15) is 4.79 Å². The Morgan fingerprint density at radius 1 is 1.17 bits per heavy atom. The number of hydrogen-bond donors (Lipinski definition) is 0. The third kappa shape index (κ3) is 3.53. The van der Waals surface area contributed by atoms with Crippen LogP contribution in [0.4, 0.5) is 0 Å². The number of rotatable bonds is 5. The van der Waals surface area contributed by atoms with E-state index in [1.165, 1.54) is 11.3 Å². The molecule has 1 amide bonds. The lowest BCUT2D eigenvalue weighted by atomic mass is 10.2. The van der Waals surface area contributed by atoms with Crippen molar-refractivity contribution in [3.05, 3.63) is 77.6 Å². The van der Waals surface area contributed by atoms with Crippen molar-refractivity contribution in [3.8, 4) is 27.8 Å². The predicted molar refractivity (Wildman–Crippen MR) is 113 cm³/mol. The number of amides is 1. The van der Waals surface area contributed by atoms with Gasteiger partial charge in [0, 0.05) is 30.7 Å². The fourth-order valence-corrected chi connectivity index (χ4v) is 4.01. The van der Waals surface area contributed by atoms with Crippen LogP contribution in [0, 0.1) is 0 Å². The van der Waals surface area contributed by atoms with Crippen LogP contribution in [-0.4, -0.2) is 39.4 Å². The largest absolute Gasteiger partial charge is 0.454 e. The first-order chi connectivity index (χ1) is 14.7. The second-order valence-corrected chi connectivity index (χ2v) is 7.75. The van der Waals surface area contributed by atoms with Gasteiger partial charge in [0.05, 0.1) is 11.9 Å². The van der Waals surface area contributed by atoms with Crippen LogP contribution in [-0.2, 0) is 6.54 Å². The molecule has 0 saturated heterocycles. The van der Waals surface area contributed by atoms with Crippen LogP contribution < -0.4 is 9.47 Å². The third-order valence-electron chi connectivity index (χ3n) is 4.78. The van der Waals surface area contributed by atoms with Crippen LogP contribution in [0.5, 0.6) is 11.5 Å². The van der Waals surface area contributed by atoms with Crippen molar-refractivity contribution in [1.82, 2.24) is 19.7 Å². The number of benzene rings is 2. The molecule has 7 nitrogen and oxygen atoms in total. The summed E-state index contributed by atoms with van der Waals surface area (Å²) in [5.74, 6) is 1.30. The highest BCUT2D eigenvalue weighted by Crippen LogP contribution is 2.33. The summed E-state index contributed by atoms with van der Waals surface area (Å²) >= 11 is 1.43. The van der Waals surface area contributed by atoms with Crippen LogP contribution in [0.3, 0.4) is 0 Å². The fraction of sp³-hybridized carbons (Fsp3) is 0.136. The second-order valence-electron chi connectivity index (χ2n) is 6.90. The summed E-state index contributed by atoms with van der Waals surface area (Å²) in [6.07, 6.45) is 3.68. The normalized spacial score (nSPS) is 12.2. The van der Waals surface area contributed by atoms with Crippen molar-refractivity contribution in [1.29, 1.82) is 0 Å². The molecule has 0 saturated carbocycles. The molecule has 2 aromatic carbocycles. The smallest absolute Gasteiger partial charge is 0.273 e. The molecule has 5 rings (SSSR count). The van der Waals surface area contributed by atoms with Gasteiger partial charge in [-0.05, 0) is 29.8 Å². The maximum Gasteiger partial charge on any atom is 0.273 e. The highest BCUT2D eigenvalue weighted by atomic mass is 32.1. The number of aromatic nitrogens is 3. The molecular formula is C22H18N4O3S. The van der Waals surface area contributed by atoms with Gasteiger partial charge in [0.2, 0.25) is 6.79 Å². The first-order valence-electron chi connectivity index (χ1n) is 9.37. The Morgan fingerprint density at radius 3 is 2.87 bits per heavy atom. The molecule has 8 heteroatoms. The number of nitrogens with zero attached hydrogens (tertiary/aromatic N) is 4. The first-order valence-corrected chi connectivity index (χ1v) is 10.3. The Morgan fingerprint density at radius 2 is 2.00 bits per heavy atom. The average molecular weight is 418 g/mol. The minimum atomic E-state index is -0.134. The minimum absolute atomic E-state index is 0.134. The lowest BCUT2D eigenvalue weighted by Gasteiger charge is -2.16. The summed E-state index contributed by atoms with van der Waals surface area (Å²) in [7, 11) is 1.76. The molecule has 30 heavy (non-hydrogen) atoms. The van der Waals surface area contributed by atoms with Gasteiger partial charge in [0.25, 0.3) is 5.91 Å². The SMILES string of the molecule is CN(Cc1ccc2c(c1)OCO2)C(=O)c1csc(-c2cnn(-c3ccccc3)c2)n1. The molecule has 0 atom stereocenters. The van der Waals surface area contributed by atoms with Crippen LogP contribution in [0.15, 0.2) is 66.3 Å². The zero-order valence-corrected chi connectivity index (χ0v) is 17.0. The van der Waals surface area contributed by atoms with E-state index in [0.29, 0.717) is 18.0 Å². The minimum Gasteiger partial charge on any atom is -0.454 e. The number of fused-ring (bicyclic) bond motifs is 1. The van der Waals surface area contributed by atoms with E-state index in [-0.39, 0.29) is 12.7 Å². The van der Waals surface area contributed by atoms with Gasteiger partial charge in [-0.3, -0.25) is 4.79 Å². The topological polar surface area (TPSA) is 69.5 Å². The van der Waals surface area contributed by atoms with E-state index in [4.69, 9.17) is 9.47 Å². The molecule has 2 aromatic heterocycles. The van der Waals surface area contributed by atoms with Gasteiger partial charge in [-0.1, -0.05) is 24.3 Å². The molecule has 0 N–H and O–H groups in total. The number of carbonyl (C=O) groups excluding carboxylic acids is 1. The molecular weight excluding hydrogens is 400 g/mol. The van der Waals surface area contributed by atoms with E-state index in [2.05, 4.69) is 10.1 Å². The summed E-state index contributed by atoms with van der Waals surface area (Å²) in [6, 6.07) is 15.6. The van der Waals surface area contributed by atoms with Crippen molar-refractivity contribution < 1.29 is 14.3 Å². The lowest BCUT2D eigenvalue weighted by Crippen LogP contribution is -2.26. The molecule has 0 radical (unpaired) electrons. The zero-order valence-electron chi connectivity index (χ0n) is 16.2. The van der Waals surface area contributed by atoms with Crippen LogP contribution in [0.1, 0.15) is 16.1 Å². The molecule has 3 heterocycles. The van der Waals surface area contributed by atoms with Crippen molar-refractivity contribution in [2.75, 3.05) is 13.8 Å². The Balaban J connectivity index is 1.30. The summed E-state index contributed by atoms with van der Waals surface area (Å²) in [5, 5.41) is 6.95. The summed E-state index contributed by atoms with van der Waals surface area (Å²) in [5.41, 5.74) is 3.24.